The smallest absolute Gasteiger partial charge is 0.325 e. The van der Waals surface area contributed by atoms with Gasteiger partial charge in [0.1, 0.15) is 11.3 Å². The van der Waals surface area contributed by atoms with Gasteiger partial charge < -0.3 is 20.1 Å². The quantitative estimate of drug-likeness (QED) is 0.378. The van der Waals surface area contributed by atoms with Crippen molar-refractivity contribution in [3.63, 3.8) is 0 Å². The van der Waals surface area contributed by atoms with Crippen molar-refractivity contribution in [2.24, 2.45) is 11.8 Å². The summed E-state index contributed by atoms with van der Waals surface area (Å²) in [5.74, 6) is -4.51. The second kappa shape index (κ2) is 8.94. The number of nitrogens with one attached hydrogen (secondary N) is 1. The Kier molecular flexibility index (Phi) is 5.88. The van der Waals surface area contributed by atoms with Crippen LogP contribution in [-0.4, -0.2) is 45.8 Å². The number of rotatable bonds is 6. The number of carbonyl (C=O) groups is 3. The minimum atomic E-state index is -1.82. The van der Waals surface area contributed by atoms with Gasteiger partial charge >= 0.3 is 5.97 Å². The molecule has 4 N–H and O–H groups in total. The van der Waals surface area contributed by atoms with Gasteiger partial charge in [-0.15, -0.1) is 0 Å². The lowest BCUT2D eigenvalue weighted by molar-refractivity contribution is -0.148. The lowest BCUT2D eigenvalue weighted by atomic mass is 9.76. The summed E-state index contributed by atoms with van der Waals surface area (Å²) in [7, 11) is 1.39. The van der Waals surface area contributed by atoms with Crippen molar-refractivity contribution in [3.05, 3.63) is 83.4 Å². The number of para-hydroxylation sites is 1. The van der Waals surface area contributed by atoms with Crippen LogP contribution < -0.4 is 15.0 Å². The van der Waals surface area contributed by atoms with E-state index in [4.69, 9.17) is 4.74 Å². The van der Waals surface area contributed by atoms with Gasteiger partial charge in [-0.3, -0.25) is 19.7 Å². The van der Waals surface area contributed by atoms with Crippen LogP contribution in [0.2, 0.25) is 0 Å². The fraction of sp³-hybridized carbons (Fsp3) is 0.250. The van der Waals surface area contributed by atoms with Crippen LogP contribution in [0.3, 0.4) is 0 Å². The lowest BCUT2D eigenvalue weighted by Gasteiger charge is -2.31. The van der Waals surface area contributed by atoms with Gasteiger partial charge in [-0.1, -0.05) is 36.4 Å². The van der Waals surface area contributed by atoms with E-state index in [2.05, 4.69) is 5.32 Å². The number of methoxy groups -OCH3 is 1. The van der Waals surface area contributed by atoms with Crippen LogP contribution >= 0.6 is 0 Å². The molecule has 0 aromatic heterocycles. The normalized spacial score (nSPS) is 24.8. The number of anilines is 1. The third-order valence-electron chi connectivity index (χ3n) is 7.37. The molecule has 3 aromatic carbocycles. The van der Waals surface area contributed by atoms with Crippen LogP contribution in [0.5, 0.6) is 17.2 Å². The van der Waals surface area contributed by atoms with Crippen molar-refractivity contribution >= 4 is 23.5 Å². The topological polar surface area (TPSA) is 136 Å². The predicted octanol–water partition coefficient (Wildman–Crippen LogP) is 2.93. The number of hydrogen-bond acceptors (Lipinski definition) is 7. The molecule has 9 heteroatoms. The Labute approximate surface area is 212 Å². The number of aryl methyl sites for hydroxylation is 1. The van der Waals surface area contributed by atoms with Crippen molar-refractivity contribution in [2.45, 2.75) is 24.9 Å². The first-order chi connectivity index (χ1) is 17.7. The Bertz CT molecular complexity index is 1400. The highest BCUT2D eigenvalue weighted by Gasteiger charge is 2.68. The van der Waals surface area contributed by atoms with Gasteiger partial charge in [-0.05, 0) is 53.9 Å². The second-order valence-corrected chi connectivity index (χ2v) is 9.47. The highest BCUT2D eigenvalue weighted by atomic mass is 16.5. The Morgan fingerprint density at radius 1 is 1.03 bits per heavy atom. The summed E-state index contributed by atoms with van der Waals surface area (Å²) in [6.07, 6.45) is -0.101. The molecule has 4 atom stereocenters. The molecule has 190 valence electrons. The number of hydrogen-bond donors (Lipinski definition) is 4. The van der Waals surface area contributed by atoms with Crippen molar-refractivity contribution < 1.29 is 34.4 Å². The minimum Gasteiger partial charge on any atom is -0.508 e. The predicted molar refractivity (Wildman–Crippen MR) is 133 cm³/mol. The SMILES string of the molecule is COc1cc(C2NC(Cc3ccc(O)cc3)(C(=O)O)C3C(=O)N(c4ccccc4C)C(=O)C23)ccc1O. The van der Waals surface area contributed by atoms with Gasteiger partial charge in [0.05, 0.1) is 24.6 Å². The van der Waals surface area contributed by atoms with Crippen LogP contribution in [0, 0.1) is 18.8 Å². The number of amides is 2. The molecule has 2 amide bonds. The molecular weight excluding hydrogens is 476 g/mol. The zero-order valence-electron chi connectivity index (χ0n) is 20.2. The molecular formula is C28H26N2O7. The van der Waals surface area contributed by atoms with E-state index in [1.165, 1.54) is 31.4 Å². The van der Waals surface area contributed by atoms with Gasteiger partial charge in [0.15, 0.2) is 11.5 Å². The number of phenolic OH excluding ortho intramolecular Hbond substituents is 2. The number of phenols is 2. The zero-order chi connectivity index (χ0) is 26.5. The molecule has 0 aliphatic carbocycles. The molecule has 2 aliphatic rings. The van der Waals surface area contributed by atoms with E-state index < -0.39 is 41.2 Å². The maximum absolute atomic E-state index is 14.0. The summed E-state index contributed by atoms with van der Waals surface area (Å²) in [6, 6.07) is 16.7. The standard InChI is InChI=1S/C28H26N2O7/c1-15-5-3-4-6-19(15)30-25(33)22-23(26(30)34)28(27(35)36,14-16-7-10-18(31)11-8-16)29-24(22)17-9-12-20(32)21(13-17)37-2/h3-13,22-24,29,31-32H,14H2,1-2H3,(H,35,36). The molecule has 0 saturated carbocycles. The van der Waals surface area contributed by atoms with Crippen molar-refractivity contribution in [3.8, 4) is 17.2 Å². The summed E-state index contributed by atoms with van der Waals surface area (Å²) in [5.41, 5.74) is 0.385. The first-order valence-electron chi connectivity index (χ1n) is 11.8. The van der Waals surface area contributed by atoms with E-state index in [1.807, 2.05) is 0 Å². The molecule has 4 unspecified atom stereocenters. The molecule has 2 aliphatic heterocycles. The largest absolute Gasteiger partial charge is 0.508 e. The van der Waals surface area contributed by atoms with E-state index in [0.29, 0.717) is 22.4 Å². The summed E-state index contributed by atoms with van der Waals surface area (Å²) >= 11 is 0. The monoisotopic (exact) mass is 502 g/mol. The van der Waals surface area contributed by atoms with E-state index in [-0.39, 0.29) is 23.7 Å². The molecule has 2 heterocycles. The third kappa shape index (κ3) is 3.79. The van der Waals surface area contributed by atoms with Crippen molar-refractivity contribution in [2.75, 3.05) is 12.0 Å². The molecule has 0 radical (unpaired) electrons. The van der Waals surface area contributed by atoms with Crippen LogP contribution in [-0.2, 0) is 20.8 Å². The van der Waals surface area contributed by atoms with Crippen LogP contribution in [0.1, 0.15) is 22.7 Å². The summed E-state index contributed by atoms with van der Waals surface area (Å²) in [4.78, 5) is 42.0. The zero-order valence-corrected chi connectivity index (χ0v) is 20.2. The highest BCUT2D eigenvalue weighted by Crippen LogP contribution is 2.51. The Morgan fingerprint density at radius 3 is 2.38 bits per heavy atom. The highest BCUT2D eigenvalue weighted by molar-refractivity contribution is 6.24. The summed E-state index contributed by atoms with van der Waals surface area (Å²) in [6.45, 7) is 1.78. The number of benzene rings is 3. The molecule has 2 saturated heterocycles. The van der Waals surface area contributed by atoms with Crippen molar-refractivity contribution in [1.82, 2.24) is 5.32 Å². The summed E-state index contributed by atoms with van der Waals surface area (Å²) in [5, 5.41) is 33.5. The Balaban J connectivity index is 1.68. The molecule has 0 bridgehead atoms. The molecule has 0 spiro atoms. The molecule has 3 aromatic rings. The maximum Gasteiger partial charge on any atom is 0.325 e. The number of carboxylic acids is 1. The number of ether oxygens (including phenoxy) is 1. The van der Waals surface area contributed by atoms with E-state index in [0.717, 1.165) is 4.90 Å². The fourth-order valence-corrected chi connectivity index (χ4v) is 5.60. The van der Waals surface area contributed by atoms with Gasteiger partial charge in [-0.25, -0.2) is 4.90 Å². The number of carboxylic acid groups (broad SMARTS) is 1. The van der Waals surface area contributed by atoms with E-state index in [1.54, 1.807) is 49.4 Å². The Morgan fingerprint density at radius 2 is 1.73 bits per heavy atom. The van der Waals surface area contributed by atoms with Crippen LogP contribution in [0.15, 0.2) is 66.7 Å². The first-order valence-corrected chi connectivity index (χ1v) is 11.8. The molecule has 5 rings (SSSR count). The lowest BCUT2D eigenvalue weighted by Crippen LogP contribution is -2.57. The number of imide groups is 1. The van der Waals surface area contributed by atoms with Crippen LogP contribution in [0.4, 0.5) is 5.69 Å². The Hall–Kier alpha value is -4.37. The molecule has 2 fully saturated rings. The average Bonchev–Trinajstić information content (AvgIpc) is 3.35. The summed E-state index contributed by atoms with van der Waals surface area (Å²) < 4.78 is 5.24. The van der Waals surface area contributed by atoms with E-state index >= 15 is 0 Å². The second-order valence-electron chi connectivity index (χ2n) is 9.47. The number of nitrogens with zero attached hydrogens (tertiary/aromatic N) is 1. The van der Waals surface area contributed by atoms with Crippen molar-refractivity contribution in [1.29, 1.82) is 0 Å². The number of fused-ring (bicyclic) bond motifs is 1. The fourth-order valence-electron chi connectivity index (χ4n) is 5.60. The number of aliphatic carboxylic acids is 1. The average molecular weight is 503 g/mol. The number of aromatic hydroxyl groups is 2. The molecule has 9 nitrogen and oxygen atoms in total. The van der Waals surface area contributed by atoms with Gasteiger partial charge in [0.2, 0.25) is 11.8 Å². The van der Waals surface area contributed by atoms with Gasteiger partial charge in [-0.2, -0.15) is 0 Å². The van der Waals surface area contributed by atoms with E-state index in [9.17, 15) is 29.7 Å². The van der Waals surface area contributed by atoms with Gasteiger partial charge in [0.25, 0.3) is 0 Å². The van der Waals surface area contributed by atoms with Gasteiger partial charge in [0, 0.05) is 12.5 Å². The maximum atomic E-state index is 14.0. The number of carbonyl (C=O) groups excluding carboxylic acids is 2. The minimum absolute atomic E-state index is 0.0253. The third-order valence-corrected chi connectivity index (χ3v) is 7.37. The molecule has 37 heavy (non-hydrogen) atoms. The first kappa shape index (κ1) is 24.3. The van der Waals surface area contributed by atoms with Crippen LogP contribution in [0.25, 0.3) is 0 Å².